The normalized spacial score (nSPS) is 16.0. The van der Waals surface area contributed by atoms with Crippen LogP contribution in [0.5, 0.6) is 0 Å². The van der Waals surface area contributed by atoms with Crippen LogP contribution in [-0.2, 0) is 6.42 Å². The second-order valence-corrected chi connectivity index (χ2v) is 4.24. The molecular weight excluding hydrogens is 224 g/mol. The second-order valence-electron chi connectivity index (χ2n) is 3.83. The van der Waals surface area contributed by atoms with Crippen molar-refractivity contribution in [1.29, 1.82) is 0 Å². The summed E-state index contributed by atoms with van der Waals surface area (Å²) in [6.07, 6.45) is 5.49. The summed E-state index contributed by atoms with van der Waals surface area (Å²) in [7, 11) is 0. The van der Waals surface area contributed by atoms with Gasteiger partial charge in [-0.25, -0.2) is 0 Å². The third-order valence-electron chi connectivity index (χ3n) is 2.67. The zero-order valence-corrected chi connectivity index (χ0v) is 9.80. The van der Waals surface area contributed by atoms with Crippen molar-refractivity contribution >= 4 is 17.2 Å². The van der Waals surface area contributed by atoms with Crippen LogP contribution in [0.3, 0.4) is 0 Å². The van der Waals surface area contributed by atoms with Crippen LogP contribution in [-0.4, -0.2) is 29.8 Å². The van der Waals surface area contributed by atoms with E-state index in [9.17, 15) is 0 Å². The summed E-state index contributed by atoms with van der Waals surface area (Å²) in [5, 5.41) is 12.8. The van der Waals surface area contributed by atoms with Gasteiger partial charge in [0.25, 0.3) is 0 Å². The van der Waals surface area contributed by atoms with E-state index >= 15 is 0 Å². The lowest BCUT2D eigenvalue weighted by Gasteiger charge is -2.14. The Bertz CT molecular complexity index is 404. The van der Waals surface area contributed by atoms with Gasteiger partial charge in [-0.05, 0) is 36.6 Å². The molecule has 0 unspecified atom stereocenters. The largest absolute Gasteiger partial charge is 0.396 e. The zero-order chi connectivity index (χ0) is 11.4. The molecule has 1 aromatic heterocycles. The Morgan fingerprint density at radius 1 is 1.50 bits per heavy atom. The molecule has 0 bridgehead atoms. The molecule has 1 aliphatic rings. The molecule has 0 fully saturated rings. The first-order valence-electron chi connectivity index (χ1n) is 5.46. The van der Waals surface area contributed by atoms with Gasteiger partial charge in [0.15, 0.2) is 0 Å². The Labute approximate surface area is 100 Å². The molecule has 1 aromatic rings. The quantitative estimate of drug-likeness (QED) is 0.842. The minimum absolute atomic E-state index is 0.129. The first kappa shape index (κ1) is 11.6. The van der Waals surface area contributed by atoms with Crippen molar-refractivity contribution in [2.75, 3.05) is 19.7 Å². The third-order valence-corrected chi connectivity index (χ3v) is 2.95. The number of nitrogens with one attached hydrogen (secondary N) is 1. The first-order chi connectivity index (χ1) is 7.81. The molecule has 0 atom stereocenters. The Balaban J connectivity index is 2.24. The van der Waals surface area contributed by atoms with Gasteiger partial charge in [-0.3, -0.25) is 4.98 Å². The summed E-state index contributed by atoms with van der Waals surface area (Å²) < 4.78 is 0. The zero-order valence-electron chi connectivity index (χ0n) is 9.04. The molecule has 2 rings (SSSR count). The summed E-state index contributed by atoms with van der Waals surface area (Å²) in [5.74, 6) is 0. The van der Waals surface area contributed by atoms with Gasteiger partial charge in [-0.2, -0.15) is 0 Å². The highest BCUT2D eigenvalue weighted by atomic mass is 35.5. The average Bonchev–Trinajstić information content (AvgIpc) is 2.31. The van der Waals surface area contributed by atoms with E-state index in [0.29, 0.717) is 11.4 Å². The van der Waals surface area contributed by atoms with Crippen molar-refractivity contribution in [3.8, 4) is 0 Å². The van der Waals surface area contributed by atoms with Crippen LogP contribution in [0.2, 0.25) is 5.02 Å². The van der Waals surface area contributed by atoms with Gasteiger partial charge >= 0.3 is 0 Å². The van der Waals surface area contributed by atoms with Gasteiger partial charge in [-0.15, -0.1) is 0 Å². The van der Waals surface area contributed by atoms with Crippen LogP contribution in [0, 0.1) is 0 Å². The highest BCUT2D eigenvalue weighted by Crippen LogP contribution is 2.25. The lowest BCUT2D eigenvalue weighted by Crippen LogP contribution is -2.20. The van der Waals surface area contributed by atoms with E-state index in [1.54, 1.807) is 6.20 Å². The molecule has 4 heteroatoms. The van der Waals surface area contributed by atoms with Crippen LogP contribution in [0.25, 0.3) is 5.57 Å². The van der Waals surface area contributed by atoms with E-state index in [1.165, 1.54) is 5.57 Å². The van der Waals surface area contributed by atoms with E-state index in [1.807, 2.05) is 6.07 Å². The number of aliphatic hydroxyl groups is 1. The minimum Gasteiger partial charge on any atom is -0.396 e. The summed E-state index contributed by atoms with van der Waals surface area (Å²) in [6, 6.07) is 1.89. The molecule has 86 valence electrons. The van der Waals surface area contributed by atoms with Gasteiger partial charge in [0.2, 0.25) is 0 Å². The van der Waals surface area contributed by atoms with Crippen LogP contribution < -0.4 is 5.32 Å². The lowest BCUT2D eigenvalue weighted by molar-refractivity contribution is 0.299. The van der Waals surface area contributed by atoms with Crippen molar-refractivity contribution in [3.63, 3.8) is 0 Å². The Hall–Kier alpha value is -0.900. The molecule has 0 radical (unpaired) electrons. The topological polar surface area (TPSA) is 45.2 Å². The van der Waals surface area contributed by atoms with E-state index in [4.69, 9.17) is 16.7 Å². The van der Waals surface area contributed by atoms with Crippen LogP contribution in [0.4, 0.5) is 0 Å². The molecule has 3 nitrogen and oxygen atoms in total. The lowest BCUT2D eigenvalue weighted by atomic mass is 10.0. The minimum atomic E-state index is 0.129. The highest BCUT2D eigenvalue weighted by Gasteiger charge is 2.11. The molecule has 0 aliphatic carbocycles. The summed E-state index contributed by atoms with van der Waals surface area (Å²) in [6.45, 7) is 1.98. The highest BCUT2D eigenvalue weighted by molar-refractivity contribution is 6.32. The van der Waals surface area contributed by atoms with Crippen LogP contribution in [0.15, 0.2) is 18.3 Å². The molecule has 0 aromatic carbocycles. The Morgan fingerprint density at radius 2 is 2.38 bits per heavy atom. The van der Waals surface area contributed by atoms with Gasteiger partial charge < -0.3 is 10.4 Å². The Morgan fingerprint density at radius 3 is 3.00 bits per heavy atom. The molecule has 16 heavy (non-hydrogen) atoms. The Kier molecular flexibility index (Phi) is 3.93. The van der Waals surface area contributed by atoms with Gasteiger partial charge in [0.05, 0.1) is 10.7 Å². The second kappa shape index (κ2) is 5.43. The number of rotatable bonds is 3. The van der Waals surface area contributed by atoms with Crippen LogP contribution >= 0.6 is 11.6 Å². The monoisotopic (exact) mass is 238 g/mol. The van der Waals surface area contributed by atoms with Crippen LogP contribution in [0.1, 0.15) is 17.7 Å². The molecule has 0 amide bonds. The van der Waals surface area contributed by atoms with E-state index in [2.05, 4.69) is 16.4 Å². The van der Waals surface area contributed by atoms with Gasteiger partial charge in [0.1, 0.15) is 0 Å². The van der Waals surface area contributed by atoms with E-state index in [-0.39, 0.29) is 6.61 Å². The molecule has 2 N–H and O–H groups in total. The number of aliphatic hydroxyl groups excluding tert-OH is 1. The summed E-state index contributed by atoms with van der Waals surface area (Å²) in [4.78, 5) is 4.38. The fourth-order valence-electron chi connectivity index (χ4n) is 1.82. The molecule has 0 saturated heterocycles. The van der Waals surface area contributed by atoms with E-state index in [0.717, 1.165) is 30.8 Å². The number of pyridine rings is 1. The number of hydrogen-bond acceptors (Lipinski definition) is 3. The van der Waals surface area contributed by atoms with Gasteiger partial charge in [0, 0.05) is 19.3 Å². The van der Waals surface area contributed by atoms with E-state index < -0.39 is 0 Å². The van der Waals surface area contributed by atoms with Crippen molar-refractivity contribution in [1.82, 2.24) is 10.3 Å². The number of halogens is 1. The molecule has 2 heterocycles. The SMILES string of the molecule is OCCc1cnc(C2=CCNCC2)c(Cl)c1. The third kappa shape index (κ3) is 2.61. The number of hydrogen-bond donors (Lipinski definition) is 2. The first-order valence-corrected chi connectivity index (χ1v) is 5.84. The molecule has 0 saturated carbocycles. The van der Waals surface area contributed by atoms with Crippen molar-refractivity contribution in [2.45, 2.75) is 12.8 Å². The number of aromatic nitrogens is 1. The van der Waals surface area contributed by atoms with Crippen molar-refractivity contribution < 1.29 is 5.11 Å². The van der Waals surface area contributed by atoms with Crippen molar-refractivity contribution in [3.05, 3.63) is 34.6 Å². The average molecular weight is 239 g/mol. The standard InChI is InChI=1S/C12H15ClN2O/c13-11-7-9(3-6-16)8-15-12(11)10-1-4-14-5-2-10/h1,7-8,14,16H,2-6H2. The smallest absolute Gasteiger partial charge is 0.0845 e. The molecule has 1 aliphatic heterocycles. The fourth-order valence-corrected chi connectivity index (χ4v) is 2.13. The summed E-state index contributed by atoms with van der Waals surface area (Å²) >= 11 is 6.19. The fraction of sp³-hybridized carbons (Fsp3) is 0.417. The molecular formula is C12H15ClN2O. The predicted octanol–water partition coefficient (Wildman–Crippen LogP) is 1.65. The number of nitrogens with zero attached hydrogens (tertiary/aromatic N) is 1. The molecule has 0 spiro atoms. The predicted molar refractivity (Wildman–Crippen MR) is 65.5 cm³/mol. The van der Waals surface area contributed by atoms with Gasteiger partial charge in [-0.1, -0.05) is 17.7 Å². The van der Waals surface area contributed by atoms with Crippen molar-refractivity contribution in [2.24, 2.45) is 0 Å². The maximum atomic E-state index is 8.84. The summed E-state index contributed by atoms with van der Waals surface area (Å²) in [5.41, 5.74) is 3.06. The maximum absolute atomic E-state index is 8.84. The maximum Gasteiger partial charge on any atom is 0.0845 e.